The molecular formula is C10H21BO3. The molecule has 0 aliphatic carbocycles. The molecule has 0 radical (unpaired) electrons. The quantitative estimate of drug-likeness (QED) is 0.467. The molecule has 1 atom stereocenters. The van der Waals surface area contributed by atoms with Crippen LogP contribution in [0.3, 0.4) is 0 Å². The summed E-state index contributed by atoms with van der Waals surface area (Å²) in [5, 5.41) is 0. The molecular weight excluding hydrogens is 179 g/mol. The monoisotopic (exact) mass is 200 g/mol. The van der Waals surface area contributed by atoms with E-state index in [2.05, 4.69) is 13.8 Å². The van der Waals surface area contributed by atoms with Crippen LogP contribution in [0.5, 0.6) is 0 Å². The van der Waals surface area contributed by atoms with Gasteiger partial charge in [-0.15, -0.1) is 0 Å². The number of hydrogen-bond acceptors (Lipinski definition) is 3. The minimum atomic E-state index is -0.175. The highest BCUT2D eigenvalue weighted by Crippen LogP contribution is 2.07. The van der Waals surface area contributed by atoms with Crippen LogP contribution in [0.2, 0.25) is 12.6 Å². The van der Waals surface area contributed by atoms with Gasteiger partial charge in [0.15, 0.2) is 0 Å². The van der Waals surface area contributed by atoms with Gasteiger partial charge in [0.2, 0.25) is 0 Å². The fraction of sp³-hybridized carbons (Fsp3) is 0.900. The lowest BCUT2D eigenvalue weighted by atomic mass is 9.62. The van der Waals surface area contributed by atoms with Crippen molar-refractivity contribution in [3.8, 4) is 0 Å². The van der Waals surface area contributed by atoms with E-state index in [4.69, 9.17) is 9.39 Å². The summed E-state index contributed by atoms with van der Waals surface area (Å²) in [6, 6.07) is 0. The van der Waals surface area contributed by atoms with Crippen LogP contribution < -0.4 is 0 Å². The minimum Gasteiger partial charge on any atom is -0.466 e. The summed E-state index contributed by atoms with van der Waals surface area (Å²) in [6.45, 7) is 8.60. The predicted molar refractivity (Wildman–Crippen MR) is 58.5 cm³/mol. The molecule has 0 aliphatic heterocycles. The van der Waals surface area contributed by atoms with Crippen molar-refractivity contribution in [2.45, 2.75) is 52.9 Å². The molecule has 14 heavy (non-hydrogen) atoms. The fourth-order valence-corrected chi connectivity index (χ4v) is 1.31. The lowest BCUT2D eigenvalue weighted by Crippen LogP contribution is -2.25. The molecule has 0 amide bonds. The Bertz CT molecular complexity index is 157. The zero-order chi connectivity index (χ0) is 11.0. The van der Waals surface area contributed by atoms with E-state index >= 15 is 0 Å². The molecule has 0 spiro atoms. The van der Waals surface area contributed by atoms with Gasteiger partial charge in [-0.05, 0) is 13.8 Å². The van der Waals surface area contributed by atoms with Crippen molar-refractivity contribution in [3.63, 3.8) is 0 Å². The summed E-state index contributed by atoms with van der Waals surface area (Å²) in [5.41, 5.74) is 0. The van der Waals surface area contributed by atoms with Gasteiger partial charge < -0.3 is 9.39 Å². The number of ether oxygens (including phenoxy) is 1. The molecule has 0 aliphatic rings. The largest absolute Gasteiger partial charge is 0.466 e. The first-order valence-corrected chi connectivity index (χ1v) is 5.45. The van der Waals surface area contributed by atoms with E-state index in [0.717, 1.165) is 12.6 Å². The summed E-state index contributed by atoms with van der Waals surface area (Å²) >= 11 is 0. The Morgan fingerprint density at radius 1 is 1.29 bits per heavy atom. The Morgan fingerprint density at radius 2 is 1.86 bits per heavy atom. The molecule has 0 N–H and O–H groups in total. The van der Waals surface area contributed by atoms with Crippen LogP contribution in [-0.2, 0) is 14.2 Å². The van der Waals surface area contributed by atoms with Gasteiger partial charge in [0.25, 0.3) is 6.92 Å². The second-order valence-electron chi connectivity index (χ2n) is 3.39. The molecule has 3 nitrogen and oxygen atoms in total. The molecule has 0 aromatic carbocycles. The summed E-state index contributed by atoms with van der Waals surface area (Å²) in [6.07, 6.45) is 2.29. The van der Waals surface area contributed by atoms with Crippen LogP contribution in [0.15, 0.2) is 0 Å². The van der Waals surface area contributed by atoms with Crippen LogP contribution >= 0.6 is 0 Å². The Balaban J connectivity index is 3.72. The Kier molecular flexibility index (Phi) is 7.57. The van der Waals surface area contributed by atoms with Gasteiger partial charge in [-0.2, -0.15) is 0 Å². The maximum atomic E-state index is 11.1. The lowest BCUT2D eigenvalue weighted by Gasteiger charge is -2.17. The van der Waals surface area contributed by atoms with Gasteiger partial charge in [0, 0.05) is 6.10 Å². The van der Waals surface area contributed by atoms with Gasteiger partial charge in [-0.1, -0.05) is 26.5 Å². The molecule has 0 aromatic rings. The average Bonchev–Trinajstić information content (AvgIpc) is 2.14. The number of carbonyl (C=O) groups excluding carboxylic acids is 1. The van der Waals surface area contributed by atoms with E-state index in [1.807, 2.05) is 13.8 Å². The molecule has 0 heterocycles. The van der Waals surface area contributed by atoms with Crippen LogP contribution in [0.25, 0.3) is 0 Å². The Hall–Kier alpha value is -0.505. The molecule has 0 rings (SSSR count). The normalized spacial score (nSPS) is 12.3. The molecule has 0 aromatic heterocycles. The maximum absolute atomic E-state index is 11.1. The number of rotatable bonds is 7. The summed E-state index contributed by atoms with van der Waals surface area (Å²) in [7, 11) is 0. The molecule has 82 valence electrons. The van der Waals surface area contributed by atoms with E-state index in [0.29, 0.717) is 13.0 Å². The average molecular weight is 200 g/mol. The van der Waals surface area contributed by atoms with Crippen LogP contribution in [0.4, 0.5) is 0 Å². The summed E-state index contributed by atoms with van der Waals surface area (Å²) < 4.78 is 10.5. The Morgan fingerprint density at radius 3 is 2.29 bits per heavy atom. The van der Waals surface area contributed by atoms with Crippen molar-refractivity contribution in [2.75, 3.05) is 6.61 Å². The first-order valence-electron chi connectivity index (χ1n) is 5.45. The second kappa shape index (κ2) is 7.86. The molecule has 1 unspecified atom stereocenters. The zero-order valence-corrected chi connectivity index (χ0v) is 9.71. The van der Waals surface area contributed by atoms with E-state index < -0.39 is 0 Å². The number of carbonyl (C=O) groups is 1. The summed E-state index contributed by atoms with van der Waals surface area (Å²) in [5.74, 6) is -0.175. The third-order valence-corrected chi connectivity index (χ3v) is 2.09. The van der Waals surface area contributed by atoms with Crippen molar-refractivity contribution in [2.24, 2.45) is 0 Å². The van der Waals surface area contributed by atoms with Crippen molar-refractivity contribution in [1.29, 1.82) is 0 Å². The number of esters is 1. The zero-order valence-electron chi connectivity index (χ0n) is 9.71. The van der Waals surface area contributed by atoms with Crippen molar-refractivity contribution >= 4 is 12.9 Å². The maximum Gasteiger partial charge on any atom is 0.308 e. The minimum absolute atomic E-state index is 0.0426. The molecule has 0 bridgehead atoms. The lowest BCUT2D eigenvalue weighted by molar-refractivity contribution is -0.144. The topological polar surface area (TPSA) is 35.5 Å². The first kappa shape index (κ1) is 13.5. The SMILES string of the molecule is CCOC(=O)CC(C)OB(CC)CC. The van der Waals surface area contributed by atoms with E-state index in [9.17, 15) is 4.79 Å². The molecule has 0 saturated heterocycles. The standard InChI is InChI=1S/C10H21BO3/c1-5-11(6-2)14-9(4)8-10(12)13-7-3/h9H,5-8H2,1-4H3. The van der Waals surface area contributed by atoms with Crippen LogP contribution in [-0.4, -0.2) is 25.6 Å². The highest BCUT2D eigenvalue weighted by molar-refractivity contribution is 6.51. The van der Waals surface area contributed by atoms with Gasteiger partial charge in [-0.3, -0.25) is 4.79 Å². The van der Waals surface area contributed by atoms with Gasteiger partial charge in [-0.25, -0.2) is 0 Å². The van der Waals surface area contributed by atoms with E-state index in [1.54, 1.807) is 0 Å². The van der Waals surface area contributed by atoms with Gasteiger partial charge in [0.1, 0.15) is 0 Å². The molecule has 4 heteroatoms. The Labute approximate surface area is 87.3 Å². The van der Waals surface area contributed by atoms with Crippen molar-refractivity contribution < 1.29 is 14.2 Å². The van der Waals surface area contributed by atoms with Crippen LogP contribution in [0, 0.1) is 0 Å². The third-order valence-electron chi connectivity index (χ3n) is 2.09. The highest BCUT2D eigenvalue weighted by Gasteiger charge is 2.16. The third kappa shape index (κ3) is 6.03. The van der Waals surface area contributed by atoms with Crippen molar-refractivity contribution in [3.05, 3.63) is 0 Å². The molecule has 0 saturated carbocycles. The van der Waals surface area contributed by atoms with E-state index in [1.165, 1.54) is 0 Å². The second-order valence-corrected chi connectivity index (χ2v) is 3.39. The van der Waals surface area contributed by atoms with E-state index in [-0.39, 0.29) is 19.0 Å². The predicted octanol–water partition coefficient (Wildman–Crippen LogP) is 2.38. The first-order chi connectivity index (χ1) is 6.63. The van der Waals surface area contributed by atoms with Gasteiger partial charge in [0.05, 0.1) is 13.0 Å². The van der Waals surface area contributed by atoms with Crippen molar-refractivity contribution in [1.82, 2.24) is 0 Å². The number of hydrogen-bond donors (Lipinski definition) is 0. The molecule has 0 fully saturated rings. The van der Waals surface area contributed by atoms with Gasteiger partial charge >= 0.3 is 5.97 Å². The summed E-state index contributed by atoms with van der Waals surface area (Å²) in [4.78, 5) is 11.1. The van der Waals surface area contributed by atoms with Crippen LogP contribution in [0.1, 0.15) is 34.1 Å². The highest BCUT2D eigenvalue weighted by atomic mass is 16.5. The fourth-order valence-electron chi connectivity index (χ4n) is 1.31. The smallest absolute Gasteiger partial charge is 0.308 e.